The molecule has 1 aliphatic rings. The highest BCUT2D eigenvalue weighted by Gasteiger charge is 2.66. The van der Waals surface area contributed by atoms with E-state index in [4.69, 9.17) is 4.74 Å². The maximum Gasteiger partial charge on any atom is 0.330 e. The Labute approximate surface area is 137 Å². The van der Waals surface area contributed by atoms with Crippen LogP contribution in [0.5, 0.6) is 0 Å². The molecule has 1 saturated carbocycles. The van der Waals surface area contributed by atoms with Gasteiger partial charge in [0.2, 0.25) is 0 Å². The molecule has 1 aliphatic carbocycles. The maximum atomic E-state index is 12.4. The van der Waals surface area contributed by atoms with Gasteiger partial charge >= 0.3 is 11.7 Å². The summed E-state index contributed by atoms with van der Waals surface area (Å²) in [6, 6.07) is 0. The van der Waals surface area contributed by atoms with Crippen LogP contribution >= 0.6 is 0 Å². The molecule has 24 heavy (non-hydrogen) atoms. The van der Waals surface area contributed by atoms with Crippen molar-refractivity contribution in [1.29, 1.82) is 0 Å². The summed E-state index contributed by atoms with van der Waals surface area (Å²) >= 11 is 0. The molecule has 0 saturated heterocycles. The third kappa shape index (κ3) is 2.44. The monoisotopic (exact) mass is 339 g/mol. The van der Waals surface area contributed by atoms with Crippen LogP contribution in [0.2, 0.25) is 0 Å². The van der Waals surface area contributed by atoms with Crippen molar-refractivity contribution in [3.8, 4) is 0 Å². The topological polar surface area (TPSA) is 130 Å². The van der Waals surface area contributed by atoms with Crippen LogP contribution in [-0.4, -0.2) is 44.8 Å². The molecule has 9 nitrogen and oxygen atoms in total. The van der Waals surface area contributed by atoms with Crippen LogP contribution < -0.4 is 16.6 Å². The van der Waals surface area contributed by atoms with E-state index in [1.165, 1.54) is 7.05 Å². The van der Waals surface area contributed by atoms with Crippen LogP contribution in [-0.2, 0) is 16.6 Å². The first-order chi connectivity index (χ1) is 11.1. The minimum atomic E-state index is -1.55. The fourth-order valence-electron chi connectivity index (χ4n) is 3.03. The average Bonchev–Trinajstić information content (AvgIpc) is 2.50. The van der Waals surface area contributed by atoms with E-state index in [9.17, 15) is 24.3 Å². The lowest BCUT2D eigenvalue weighted by Gasteiger charge is -2.58. The summed E-state index contributed by atoms with van der Waals surface area (Å²) in [5.41, 5.74) is -4.20. The van der Waals surface area contributed by atoms with Crippen molar-refractivity contribution in [2.75, 3.05) is 6.61 Å². The van der Waals surface area contributed by atoms with E-state index in [0.29, 0.717) is 6.61 Å². The number of carbonyl (C=O) groups is 2. The molecule has 132 valence electrons. The van der Waals surface area contributed by atoms with Crippen LogP contribution in [0.4, 0.5) is 0 Å². The fraction of sp³-hybridized carbons (Fsp3) is 0.600. The van der Waals surface area contributed by atoms with Gasteiger partial charge in [-0.05, 0) is 6.92 Å². The van der Waals surface area contributed by atoms with Crippen molar-refractivity contribution >= 4 is 11.9 Å². The number of carboxylic acids is 1. The van der Waals surface area contributed by atoms with Crippen LogP contribution in [0, 0.1) is 5.41 Å². The van der Waals surface area contributed by atoms with E-state index in [1.807, 2.05) is 0 Å². The van der Waals surface area contributed by atoms with E-state index < -0.39 is 34.1 Å². The molecule has 0 spiro atoms. The predicted molar refractivity (Wildman–Crippen MR) is 83.9 cm³/mol. The normalized spacial score (nSPS) is 24.9. The number of hydrogen-bond acceptors (Lipinski definition) is 5. The van der Waals surface area contributed by atoms with E-state index in [0.717, 1.165) is 10.8 Å². The Bertz CT molecular complexity index is 793. The van der Waals surface area contributed by atoms with Crippen molar-refractivity contribution in [3.05, 3.63) is 32.6 Å². The molecule has 9 heteroatoms. The lowest BCUT2D eigenvalue weighted by atomic mass is 9.54. The summed E-state index contributed by atoms with van der Waals surface area (Å²) < 4.78 is 6.26. The van der Waals surface area contributed by atoms with Crippen molar-refractivity contribution in [3.63, 3.8) is 0 Å². The molecule has 1 amide bonds. The number of aliphatic carboxylic acids is 1. The molecule has 2 rings (SSSR count). The van der Waals surface area contributed by atoms with Crippen molar-refractivity contribution in [2.45, 2.75) is 38.8 Å². The summed E-state index contributed by atoms with van der Waals surface area (Å²) in [6.45, 7) is 5.62. The van der Waals surface area contributed by atoms with Crippen LogP contribution in [0.3, 0.4) is 0 Å². The number of nitrogens with zero attached hydrogens (tertiary/aromatic N) is 1. The second kappa shape index (κ2) is 5.90. The maximum absolute atomic E-state index is 12.4. The zero-order chi connectivity index (χ0) is 18.3. The fourth-order valence-corrected chi connectivity index (χ4v) is 3.03. The highest BCUT2D eigenvalue weighted by molar-refractivity contribution is 5.98. The van der Waals surface area contributed by atoms with E-state index in [-0.39, 0.29) is 18.1 Å². The summed E-state index contributed by atoms with van der Waals surface area (Å²) in [4.78, 5) is 49.9. The zero-order valence-corrected chi connectivity index (χ0v) is 14.0. The van der Waals surface area contributed by atoms with E-state index >= 15 is 0 Å². The van der Waals surface area contributed by atoms with Gasteiger partial charge in [0.1, 0.15) is 11.1 Å². The first-order valence-electron chi connectivity index (χ1n) is 7.54. The average molecular weight is 339 g/mol. The third-order valence-electron chi connectivity index (χ3n) is 4.88. The number of carbonyl (C=O) groups excluding carboxylic acids is 1. The lowest BCUT2D eigenvalue weighted by Crippen LogP contribution is -2.76. The first kappa shape index (κ1) is 17.9. The molecule has 3 N–H and O–H groups in total. The molecular formula is C15H21N3O6. The van der Waals surface area contributed by atoms with Gasteiger partial charge in [-0.1, -0.05) is 13.8 Å². The molecule has 1 fully saturated rings. The van der Waals surface area contributed by atoms with Crippen LogP contribution in [0.15, 0.2) is 15.8 Å². The molecule has 0 unspecified atom stereocenters. The Hall–Kier alpha value is -2.42. The summed E-state index contributed by atoms with van der Waals surface area (Å²) in [7, 11) is 1.23. The van der Waals surface area contributed by atoms with Gasteiger partial charge in [0.25, 0.3) is 11.5 Å². The van der Waals surface area contributed by atoms with Gasteiger partial charge in [0, 0.05) is 31.7 Å². The summed E-state index contributed by atoms with van der Waals surface area (Å²) in [5, 5.41) is 12.1. The number of aromatic nitrogens is 2. The molecule has 2 atom stereocenters. The van der Waals surface area contributed by atoms with Crippen molar-refractivity contribution < 1.29 is 19.4 Å². The minimum absolute atomic E-state index is 0.0958. The Morgan fingerprint density at radius 3 is 2.58 bits per heavy atom. The van der Waals surface area contributed by atoms with Gasteiger partial charge in [-0.25, -0.2) is 9.59 Å². The predicted octanol–water partition coefficient (Wildman–Crippen LogP) is -0.538. The second-order valence-electron chi connectivity index (χ2n) is 6.41. The number of rotatable bonds is 5. The molecule has 1 aromatic heterocycles. The minimum Gasteiger partial charge on any atom is -0.479 e. The zero-order valence-electron chi connectivity index (χ0n) is 14.0. The van der Waals surface area contributed by atoms with Gasteiger partial charge in [-0.15, -0.1) is 0 Å². The number of H-pyrrole nitrogens is 1. The summed E-state index contributed by atoms with van der Waals surface area (Å²) in [5.74, 6) is -2.05. The molecule has 0 bridgehead atoms. The SMILES string of the molecule is CCO[C@@H]1C[C@@](NC(=O)c2c[nH]c(=O)n(C)c2=O)(C(=O)O)C1(C)C. The quantitative estimate of drug-likeness (QED) is 0.660. The number of ether oxygens (including phenoxy) is 1. The third-order valence-corrected chi connectivity index (χ3v) is 4.88. The van der Waals surface area contributed by atoms with E-state index in [2.05, 4.69) is 10.3 Å². The molecule has 0 aromatic carbocycles. The first-order valence-corrected chi connectivity index (χ1v) is 7.54. The number of aromatic amines is 1. The molecule has 0 aliphatic heterocycles. The molecule has 0 radical (unpaired) electrons. The Kier molecular flexibility index (Phi) is 4.40. The van der Waals surface area contributed by atoms with E-state index in [1.54, 1.807) is 20.8 Å². The van der Waals surface area contributed by atoms with Gasteiger partial charge in [-0.3, -0.25) is 14.2 Å². The summed E-state index contributed by atoms with van der Waals surface area (Å²) in [6.07, 6.45) is 0.761. The smallest absolute Gasteiger partial charge is 0.330 e. The number of nitrogens with one attached hydrogen (secondary N) is 2. The second-order valence-corrected chi connectivity index (χ2v) is 6.41. The highest BCUT2D eigenvalue weighted by atomic mass is 16.5. The van der Waals surface area contributed by atoms with Crippen LogP contribution in [0.25, 0.3) is 0 Å². The number of carboxylic acid groups (broad SMARTS) is 1. The van der Waals surface area contributed by atoms with Gasteiger partial charge in [0.15, 0.2) is 0 Å². The molecular weight excluding hydrogens is 318 g/mol. The molecule has 1 heterocycles. The standard InChI is InChI=1S/C15H21N3O6/c1-5-24-9-6-15(12(21)22,14(9,2)3)17-10(19)8-7-16-13(23)18(4)11(8)20/h7,9H,5-6H2,1-4H3,(H,16,23)(H,17,19)(H,21,22)/t9-,15-/m1/s1. The van der Waals surface area contributed by atoms with Crippen LogP contribution in [0.1, 0.15) is 37.6 Å². The largest absolute Gasteiger partial charge is 0.479 e. The Morgan fingerprint density at radius 2 is 2.08 bits per heavy atom. The van der Waals surface area contributed by atoms with Crippen molar-refractivity contribution in [2.24, 2.45) is 12.5 Å². The lowest BCUT2D eigenvalue weighted by molar-refractivity contribution is -0.190. The number of hydrogen-bond donors (Lipinski definition) is 3. The molecule has 1 aromatic rings. The van der Waals surface area contributed by atoms with Gasteiger partial charge in [0.05, 0.1) is 6.10 Å². The number of amides is 1. The van der Waals surface area contributed by atoms with Gasteiger partial charge in [-0.2, -0.15) is 0 Å². The highest BCUT2D eigenvalue weighted by Crippen LogP contribution is 2.51. The van der Waals surface area contributed by atoms with Crippen molar-refractivity contribution in [1.82, 2.24) is 14.9 Å². The Balaban J connectivity index is 2.36. The van der Waals surface area contributed by atoms with Gasteiger partial charge < -0.3 is 20.1 Å². The Morgan fingerprint density at radius 1 is 1.46 bits per heavy atom.